The average molecular weight is 353 g/mol. The predicted molar refractivity (Wildman–Crippen MR) is 84.3 cm³/mol. The van der Waals surface area contributed by atoms with Crippen LogP contribution in [0.15, 0.2) is 33.5 Å². The lowest BCUT2D eigenvalue weighted by molar-refractivity contribution is -0.00956. The van der Waals surface area contributed by atoms with Crippen LogP contribution in [0.3, 0.4) is 0 Å². The van der Waals surface area contributed by atoms with E-state index in [0.717, 1.165) is 0 Å². The highest BCUT2D eigenvalue weighted by molar-refractivity contribution is 9.10. The van der Waals surface area contributed by atoms with Crippen molar-refractivity contribution in [1.82, 2.24) is 9.97 Å². The van der Waals surface area contributed by atoms with Gasteiger partial charge < -0.3 is 14.8 Å². The van der Waals surface area contributed by atoms with Crippen LogP contribution in [-0.2, 0) is 10.3 Å². The molecule has 6 heteroatoms. The van der Waals surface area contributed by atoms with Gasteiger partial charge in [-0.05, 0) is 19.4 Å². The standard InChI is InChI=1S/C15H17BrN2O3/c1-4-15(2,21-3)14-17-12(19)11(13(20)18-14)9-7-5-6-8-10(9)16/h5-8H,4H2,1-3H3,(H2,17,18,19,20). The number of aromatic amines is 1. The van der Waals surface area contributed by atoms with Crippen LogP contribution in [0.4, 0.5) is 0 Å². The SMILES string of the molecule is CCC(C)(OC)c1nc(O)c(-c2ccccc2Br)c(=O)[nH]1. The number of hydrogen-bond donors (Lipinski definition) is 2. The fraction of sp³-hybridized carbons (Fsp3) is 0.333. The third-order valence-corrected chi connectivity index (χ3v) is 4.36. The smallest absolute Gasteiger partial charge is 0.262 e. The molecule has 1 aromatic heterocycles. The maximum absolute atomic E-state index is 12.4. The molecule has 1 unspecified atom stereocenters. The molecule has 0 radical (unpaired) electrons. The molecule has 0 saturated carbocycles. The maximum atomic E-state index is 12.4. The Hall–Kier alpha value is -1.66. The van der Waals surface area contributed by atoms with Crippen molar-refractivity contribution >= 4 is 15.9 Å². The molecule has 0 fully saturated rings. The molecule has 112 valence electrons. The summed E-state index contributed by atoms with van der Waals surface area (Å²) < 4.78 is 6.11. The van der Waals surface area contributed by atoms with Gasteiger partial charge in [0.25, 0.3) is 5.56 Å². The van der Waals surface area contributed by atoms with Crippen molar-refractivity contribution in [1.29, 1.82) is 0 Å². The quantitative estimate of drug-likeness (QED) is 0.885. The Bertz CT molecular complexity index is 708. The van der Waals surface area contributed by atoms with E-state index in [-0.39, 0.29) is 11.4 Å². The van der Waals surface area contributed by atoms with Gasteiger partial charge in [-0.3, -0.25) is 4.79 Å². The van der Waals surface area contributed by atoms with Crippen molar-refractivity contribution in [3.63, 3.8) is 0 Å². The van der Waals surface area contributed by atoms with Crippen molar-refractivity contribution in [2.75, 3.05) is 7.11 Å². The molecule has 0 aliphatic heterocycles. The second-order valence-corrected chi connectivity index (χ2v) is 5.74. The zero-order valence-corrected chi connectivity index (χ0v) is 13.7. The number of H-pyrrole nitrogens is 1. The fourth-order valence-corrected chi connectivity index (χ4v) is 2.51. The van der Waals surface area contributed by atoms with E-state index in [9.17, 15) is 9.90 Å². The zero-order valence-electron chi connectivity index (χ0n) is 12.1. The zero-order chi connectivity index (χ0) is 15.6. The van der Waals surface area contributed by atoms with Crippen molar-refractivity contribution in [3.05, 3.63) is 44.9 Å². The van der Waals surface area contributed by atoms with Gasteiger partial charge >= 0.3 is 0 Å². The number of methoxy groups -OCH3 is 1. The summed E-state index contributed by atoms with van der Waals surface area (Å²) in [6.45, 7) is 3.73. The van der Waals surface area contributed by atoms with Gasteiger partial charge in [0.2, 0.25) is 5.88 Å². The molecule has 1 aromatic carbocycles. The third kappa shape index (κ3) is 2.87. The summed E-state index contributed by atoms with van der Waals surface area (Å²) in [7, 11) is 1.54. The molecule has 0 amide bonds. The van der Waals surface area contributed by atoms with Crippen LogP contribution in [-0.4, -0.2) is 22.2 Å². The minimum absolute atomic E-state index is 0.140. The highest BCUT2D eigenvalue weighted by Gasteiger charge is 2.29. The van der Waals surface area contributed by atoms with Gasteiger partial charge in [0.1, 0.15) is 17.0 Å². The normalized spacial score (nSPS) is 13.9. The monoisotopic (exact) mass is 352 g/mol. The first-order valence-corrected chi connectivity index (χ1v) is 7.36. The molecule has 5 nitrogen and oxygen atoms in total. The van der Waals surface area contributed by atoms with Crippen molar-refractivity contribution in [3.8, 4) is 17.0 Å². The van der Waals surface area contributed by atoms with Crippen LogP contribution in [0, 0.1) is 0 Å². The number of aromatic nitrogens is 2. The molecule has 21 heavy (non-hydrogen) atoms. The topological polar surface area (TPSA) is 75.2 Å². The largest absolute Gasteiger partial charge is 0.493 e. The molecule has 0 aliphatic rings. The summed E-state index contributed by atoms with van der Waals surface area (Å²) in [5.74, 6) is 0.00294. The van der Waals surface area contributed by atoms with E-state index in [1.54, 1.807) is 25.3 Å². The minimum atomic E-state index is -0.747. The highest BCUT2D eigenvalue weighted by Crippen LogP contribution is 2.32. The Kier molecular flexibility index (Phi) is 4.49. The van der Waals surface area contributed by atoms with Crippen LogP contribution in [0.5, 0.6) is 5.88 Å². The summed E-state index contributed by atoms with van der Waals surface area (Å²) in [6, 6.07) is 7.16. The Labute approximate surface area is 131 Å². The molecule has 2 rings (SSSR count). The first kappa shape index (κ1) is 15.7. The van der Waals surface area contributed by atoms with Crippen LogP contribution in [0.25, 0.3) is 11.1 Å². The van der Waals surface area contributed by atoms with Crippen molar-refractivity contribution in [2.24, 2.45) is 0 Å². The molecule has 1 atom stereocenters. The number of nitrogens with one attached hydrogen (secondary N) is 1. The Morgan fingerprint density at radius 1 is 1.43 bits per heavy atom. The minimum Gasteiger partial charge on any atom is -0.493 e. The number of aromatic hydroxyl groups is 1. The molecular weight excluding hydrogens is 336 g/mol. The number of halogens is 1. The molecular formula is C15H17BrN2O3. The predicted octanol–water partition coefficient (Wildman–Crippen LogP) is 3.18. The molecule has 1 heterocycles. The Morgan fingerprint density at radius 2 is 2.10 bits per heavy atom. The summed E-state index contributed by atoms with van der Waals surface area (Å²) in [6.07, 6.45) is 0.611. The summed E-state index contributed by atoms with van der Waals surface area (Å²) in [5, 5.41) is 10.2. The Balaban J connectivity index is 2.64. The summed E-state index contributed by atoms with van der Waals surface area (Å²) in [4.78, 5) is 19.2. The van der Waals surface area contributed by atoms with Gasteiger partial charge in [-0.25, -0.2) is 0 Å². The molecule has 0 spiro atoms. The van der Waals surface area contributed by atoms with Gasteiger partial charge in [-0.2, -0.15) is 4.98 Å². The van der Waals surface area contributed by atoms with Crippen molar-refractivity contribution in [2.45, 2.75) is 25.9 Å². The number of ether oxygens (including phenoxy) is 1. The van der Waals surface area contributed by atoms with E-state index in [1.807, 2.05) is 19.9 Å². The van der Waals surface area contributed by atoms with E-state index >= 15 is 0 Å². The van der Waals surface area contributed by atoms with E-state index in [0.29, 0.717) is 22.3 Å². The number of rotatable bonds is 4. The van der Waals surface area contributed by atoms with Crippen molar-refractivity contribution < 1.29 is 9.84 Å². The molecule has 0 aliphatic carbocycles. The fourth-order valence-electron chi connectivity index (χ4n) is 2.03. The lowest BCUT2D eigenvalue weighted by Gasteiger charge is -2.25. The number of benzene rings is 1. The highest BCUT2D eigenvalue weighted by atomic mass is 79.9. The summed E-state index contributed by atoms with van der Waals surface area (Å²) >= 11 is 3.37. The molecule has 2 N–H and O–H groups in total. The van der Waals surface area contributed by atoms with Gasteiger partial charge in [-0.1, -0.05) is 41.1 Å². The first-order chi connectivity index (χ1) is 9.92. The lowest BCUT2D eigenvalue weighted by Crippen LogP contribution is -2.29. The first-order valence-electron chi connectivity index (χ1n) is 6.56. The Morgan fingerprint density at radius 3 is 2.62 bits per heavy atom. The third-order valence-electron chi connectivity index (χ3n) is 3.67. The molecule has 2 aromatic rings. The maximum Gasteiger partial charge on any atom is 0.262 e. The summed E-state index contributed by atoms with van der Waals surface area (Å²) in [5.41, 5.74) is -0.420. The van der Waals surface area contributed by atoms with Gasteiger partial charge in [0.05, 0.1) is 0 Å². The van der Waals surface area contributed by atoms with E-state index in [4.69, 9.17) is 4.74 Å². The van der Waals surface area contributed by atoms with Crippen LogP contribution >= 0.6 is 15.9 Å². The average Bonchev–Trinajstić information content (AvgIpc) is 2.47. The van der Waals surface area contributed by atoms with Gasteiger partial charge in [0.15, 0.2) is 0 Å². The van der Waals surface area contributed by atoms with Gasteiger partial charge in [-0.15, -0.1) is 0 Å². The molecule has 0 saturated heterocycles. The van der Waals surface area contributed by atoms with E-state index < -0.39 is 11.2 Å². The van der Waals surface area contributed by atoms with E-state index in [1.165, 1.54) is 0 Å². The van der Waals surface area contributed by atoms with Crippen LogP contribution < -0.4 is 5.56 Å². The lowest BCUT2D eigenvalue weighted by atomic mass is 10.0. The second kappa shape index (κ2) is 5.99. The van der Waals surface area contributed by atoms with Crippen LogP contribution in [0.1, 0.15) is 26.1 Å². The second-order valence-electron chi connectivity index (χ2n) is 4.88. The number of hydrogen-bond acceptors (Lipinski definition) is 4. The van der Waals surface area contributed by atoms with E-state index in [2.05, 4.69) is 25.9 Å². The van der Waals surface area contributed by atoms with Gasteiger partial charge in [0, 0.05) is 17.1 Å². The molecule has 0 bridgehead atoms. The van der Waals surface area contributed by atoms with Crippen LogP contribution in [0.2, 0.25) is 0 Å². The number of nitrogens with zero attached hydrogens (tertiary/aromatic N) is 1.